The molecule has 0 bridgehead atoms. The van der Waals surface area contributed by atoms with Gasteiger partial charge in [-0.25, -0.2) is 0 Å². The van der Waals surface area contributed by atoms with E-state index in [0.29, 0.717) is 23.5 Å². The Kier molecular flexibility index (Phi) is 5.75. The van der Waals surface area contributed by atoms with Crippen LogP contribution < -0.4 is 15.8 Å². The summed E-state index contributed by atoms with van der Waals surface area (Å²) < 4.78 is 5.30. The van der Waals surface area contributed by atoms with Gasteiger partial charge in [0.25, 0.3) is 0 Å². The van der Waals surface area contributed by atoms with E-state index in [1.807, 2.05) is 18.2 Å². The molecule has 0 radical (unpaired) electrons. The molecule has 0 aliphatic heterocycles. The van der Waals surface area contributed by atoms with Crippen molar-refractivity contribution >= 4 is 11.6 Å². The molecule has 1 atom stereocenters. The highest BCUT2D eigenvalue weighted by atomic mass is 35.5. The highest BCUT2D eigenvalue weighted by Crippen LogP contribution is 2.23. The van der Waals surface area contributed by atoms with Crippen LogP contribution in [0.4, 0.5) is 0 Å². The molecule has 0 amide bonds. The molecule has 1 rings (SSSR count). The zero-order valence-electron chi connectivity index (χ0n) is 10.7. The summed E-state index contributed by atoms with van der Waals surface area (Å²) in [7, 11) is 1.65. The molecule has 1 aromatic carbocycles. The van der Waals surface area contributed by atoms with E-state index in [4.69, 9.17) is 22.1 Å². The molecular weight excluding hydrogens is 236 g/mol. The third-order valence-corrected chi connectivity index (χ3v) is 3.10. The van der Waals surface area contributed by atoms with Crippen molar-refractivity contribution in [2.24, 2.45) is 11.7 Å². The molecule has 3 N–H and O–H groups in total. The predicted octanol–water partition coefficient (Wildman–Crippen LogP) is 2.42. The van der Waals surface area contributed by atoms with Crippen LogP contribution in [0.25, 0.3) is 0 Å². The van der Waals surface area contributed by atoms with Crippen LogP contribution in [0.5, 0.6) is 5.75 Å². The van der Waals surface area contributed by atoms with Crippen molar-refractivity contribution in [2.75, 3.05) is 13.7 Å². The molecule has 0 aliphatic carbocycles. The monoisotopic (exact) mass is 256 g/mol. The topological polar surface area (TPSA) is 47.3 Å². The number of hydrogen-bond acceptors (Lipinski definition) is 3. The van der Waals surface area contributed by atoms with Gasteiger partial charge < -0.3 is 15.8 Å². The van der Waals surface area contributed by atoms with Crippen LogP contribution in [-0.4, -0.2) is 19.7 Å². The summed E-state index contributed by atoms with van der Waals surface area (Å²) in [6.07, 6.45) is 0. The van der Waals surface area contributed by atoms with Gasteiger partial charge in [-0.3, -0.25) is 0 Å². The molecular formula is C13H21ClN2O. The number of benzene rings is 1. The van der Waals surface area contributed by atoms with E-state index in [-0.39, 0.29) is 0 Å². The molecule has 4 heteroatoms. The molecule has 96 valence electrons. The van der Waals surface area contributed by atoms with E-state index >= 15 is 0 Å². The first-order valence-corrected chi connectivity index (χ1v) is 6.22. The summed E-state index contributed by atoms with van der Waals surface area (Å²) in [5, 5.41) is 4.12. The maximum Gasteiger partial charge on any atom is 0.124 e. The van der Waals surface area contributed by atoms with Gasteiger partial charge in [0.05, 0.1) is 7.11 Å². The molecule has 3 nitrogen and oxygen atoms in total. The maximum absolute atomic E-state index is 5.92. The van der Waals surface area contributed by atoms with Crippen molar-refractivity contribution in [3.63, 3.8) is 0 Å². The van der Waals surface area contributed by atoms with Gasteiger partial charge in [0.2, 0.25) is 0 Å². The van der Waals surface area contributed by atoms with Crippen molar-refractivity contribution in [1.82, 2.24) is 5.32 Å². The Labute approximate surface area is 108 Å². The Balaban J connectivity index is 2.68. The summed E-state index contributed by atoms with van der Waals surface area (Å²) in [4.78, 5) is 0. The molecule has 0 aromatic heterocycles. The average molecular weight is 257 g/mol. The molecule has 1 unspecified atom stereocenters. The number of rotatable bonds is 6. The van der Waals surface area contributed by atoms with Crippen LogP contribution in [0.15, 0.2) is 18.2 Å². The van der Waals surface area contributed by atoms with Crippen LogP contribution in [0.3, 0.4) is 0 Å². The quantitative estimate of drug-likeness (QED) is 0.822. The number of halogens is 1. The van der Waals surface area contributed by atoms with Crippen LogP contribution in [0, 0.1) is 5.92 Å². The Morgan fingerprint density at radius 3 is 2.65 bits per heavy atom. The van der Waals surface area contributed by atoms with Gasteiger partial charge >= 0.3 is 0 Å². The molecule has 0 fully saturated rings. The second-order valence-corrected chi connectivity index (χ2v) is 4.86. The number of nitrogens with two attached hydrogens (primary N) is 1. The Hall–Kier alpha value is -0.770. The first-order chi connectivity index (χ1) is 8.08. The van der Waals surface area contributed by atoms with Crippen molar-refractivity contribution in [3.8, 4) is 5.75 Å². The highest BCUT2D eigenvalue weighted by molar-refractivity contribution is 6.30. The third-order valence-electron chi connectivity index (χ3n) is 2.86. The smallest absolute Gasteiger partial charge is 0.124 e. The summed E-state index contributed by atoms with van der Waals surface area (Å²) in [6.45, 7) is 5.68. The second-order valence-electron chi connectivity index (χ2n) is 4.42. The van der Waals surface area contributed by atoms with Crippen LogP contribution in [0.2, 0.25) is 5.02 Å². The molecule has 1 aromatic rings. The lowest BCUT2D eigenvalue weighted by molar-refractivity contribution is 0.386. The summed E-state index contributed by atoms with van der Waals surface area (Å²) >= 11 is 5.92. The molecule has 0 spiro atoms. The van der Waals surface area contributed by atoms with Gasteiger partial charge in [-0.2, -0.15) is 0 Å². The van der Waals surface area contributed by atoms with Gasteiger partial charge in [0.1, 0.15) is 5.75 Å². The lowest BCUT2D eigenvalue weighted by atomic mass is 10.0. The van der Waals surface area contributed by atoms with Gasteiger partial charge in [0.15, 0.2) is 0 Å². The number of hydrogen-bond donors (Lipinski definition) is 2. The summed E-state index contributed by atoms with van der Waals surface area (Å²) in [5.74, 6) is 1.32. The van der Waals surface area contributed by atoms with E-state index < -0.39 is 0 Å². The second kappa shape index (κ2) is 6.84. The minimum atomic E-state index is 0.315. The lowest BCUT2D eigenvalue weighted by Crippen LogP contribution is -2.39. The standard InChI is InChI=1S/C13H21ClN2O/c1-9(2)12(7-15)16-8-10-4-5-11(14)6-13(10)17-3/h4-6,9,12,16H,7-8,15H2,1-3H3. The van der Waals surface area contributed by atoms with E-state index in [0.717, 1.165) is 17.9 Å². The largest absolute Gasteiger partial charge is 0.496 e. The van der Waals surface area contributed by atoms with Crippen molar-refractivity contribution in [3.05, 3.63) is 28.8 Å². The summed E-state index contributed by atoms with van der Waals surface area (Å²) in [6, 6.07) is 5.98. The normalized spacial score (nSPS) is 12.8. The van der Waals surface area contributed by atoms with E-state index in [1.54, 1.807) is 7.11 Å². The molecule has 0 saturated carbocycles. The minimum Gasteiger partial charge on any atom is -0.496 e. The highest BCUT2D eigenvalue weighted by Gasteiger charge is 2.11. The Morgan fingerprint density at radius 2 is 2.12 bits per heavy atom. The zero-order valence-corrected chi connectivity index (χ0v) is 11.4. The van der Waals surface area contributed by atoms with Crippen LogP contribution in [-0.2, 0) is 6.54 Å². The zero-order chi connectivity index (χ0) is 12.8. The van der Waals surface area contributed by atoms with E-state index in [2.05, 4.69) is 19.2 Å². The number of ether oxygens (including phenoxy) is 1. The van der Waals surface area contributed by atoms with Gasteiger partial charge in [-0.15, -0.1) is 0 Å². The summed E-state index contributed by atoms with van der Waals surface area (Å²) in [5.41, 5.74) is 6.81. The first kappa shape index (κ1) is 14.3. The average Bonchev–Trinajstić information content (AvgIpc) is 2.31. The SMILES string of the molecule is COc1cc(Cl)ccc1CNC(CN)C(C)C. The van der Waals surface area contributed by atoms with Crippen molar-refractivity contribution < 1.29 is 4.74 Å². The van der Waals surface area contributed by atoms with E-state index in [9.17, 15) is 0 Å². The van der Waals surface area contributed by atoms with Crippen molar-refractivity contribution in [1.29, 1.82) is 0 Å². The fraction of sp³-hybridized carbons (Fsp3) is 0.538. The minimum absolute atomic E-state index is 0.315. The Bertz CT molecular complexity index is 355. The van der Waals surface area contributed by atoms with Crippen molar-refractivity contribution in [2.45, 2.75) is 26.4 Å². The first-order valence-electron chi connectivity index (χ1n) is 5.84. The Morgan fingerprint density at radius 1 is 1.41 bits per heavy atom. The fourth-order valence-electron chi connectivity index (χ4n) is 1.70. The third kappa shape index (κ3) is 4.19. The number of nitrogens with one attached hydrogen (secondary N) is 1. The van der Waals surface area contributed by atoms with E-state index in [1.165, 1.54) is 0 Å². The molecule has 0 aliphatic rings. The predicted molar refractivity (Wildman–Crippen MR) is 72.5 cm³/mol. The fourth-order valence-corrected chi connectivity index (χ4v) is 1.86. The molecule has 0 heterocycles. The van der Waals surface area contributed by atoms with Gasteiger partial charge in [-0.05, 0) is 18.1 Å². The van der Waals surface area contributed by atoms with Gasteiger partial charge in [0, 0.05) is 29.7 Å². The lowest BCUT2D eigenvalue weighted by Gasteiger charge is -2.21. The molecule has 0 saturated heterocycles. The van der Waals surface area contributed by atoms with Crippen LogP contribution in [0.1, 0.15) is 19.4 Å². The maximum atomic E-state index is 5.92. The molecule has 17 heavy (non-hydrogen) atoms. The number of methoxy groups -OCH3 is 1. The van der Waals surface area contributed by atoms with Crippen LogP contribution >= 0.6 is 11.6 Å². The van der Waals surface area contributed by atoms with Gasteiger partial charge in [-0.1, -0.05) is 31.5 Å².